The standard InChI is InChI=1S/C10H5F3N2OS/c11-6-3-5(4-7(12)9(6)13)15-2-1-8(16)14-10(15)17/h1-4H,(H,14,16,17). The molecular formula is C10H5F3N2OS. The maximum Gasteiger partial charge on any atom is 0.251 e. The largest absolute Gasteiger partial charge is 0.299 e. The van der Waals surface area contributed by atoms with Crippen LogP contribution in [0.15, 0.2) is 29.2 Å². The highest BCUT2D eigenvalue weighted by Gasteiger charge is 2.11. The summed E-state index contributed by atoms with van der Waals surface area (Å²) in [6.45, 7) is 0. The summed E-state index contributed by atoms with van der Waals surface area (Å²) in [5.74, 6) is -4.20. The Morgan fingerprint density at radius 1 is 1.18 bits per heavy atom. The van der Waals surface area contributed by atoms with E-state index in [-0.39, 0.29) is 10.5 Å². The molecular weight excluding hydrogens is 253 g/mol. The van der Waals surface area contributed by atoms with Gasteiger partial charge in [-0.1, -0.05) is 0 Å². The van der Waals surface area contributed by atoms with Crippen LogP contribution in [0.5, 0.6) is 0 Å². The van der Waals surface area contributed by atoms with Crippen LogP contribution in [0.25, 0.3) is 5.69 Å². The van der Waals surface area contributed by atoms with E-state index in [2.05, 4.69) is 4.98 Å². The van der Waals surface area contributed by atoms with E-state index >= 15 is 0 Å². The van der Waals surface area contributed by atoms with Gasteiger partial charge in [0.05, 0.1) is 5.69 Å². The molecule has 0 atom stereocenters. The van der Waals surface area contributed by atoms with E-state index in [1.807, 2.05) is 0 Å². The van der Waals surface area contributed by atoms with Crippen molar-refractivity contribution in [3.05, 3.63) is 57.0 Å². The van der Waals surface area contributed by atoms with Crippen molar-refractivity contribution in [2.75, 3.05) is 0 Å². The van der Waals surface area contributed by atoms with E-state index in [4.69, 9.17) is 12.2 Å². The van der Waals surface area contributed by atoms with Gasteiger partial charge < -0.3 is 0 Å². The number of benzene rings is 1. The van der Waals surface area contributed by atoms with E-state index in [1.165, 1.54) is 6.20 Å². The maximum atomic E-state index is 13.0. The SMILES string of the molecule is O=c1ccn(-c2cc(F)c(F)c(F)c2)c(=S)[nH]1. The van der Waals surface area contributed by atoms with Gasteiger partial charge in [0.15, 0.2) is 22.2 Å². The number of rotatable bonds is 1. The van der Waals surface area contributed by atoms with Crippen molar-refractivity contribution >= 4 is 12.2 Å². The minimum absolute atomic E-state index is 0.0114. The Hall–Kier alpha value is -1.89. The predicted octanol–water partition coefficient (Wildman–Crippen LogP) is 2.31. The van der Waals surface area contributed by atoms with Crippen LogP contribution in [0, 0.1) is 22.2 Å². The van der Waals surface area contributed by atoms with E-state index < -0.39 is 23.0 Å². The maximum absolute atomic E-state index is 13.0. The number of halogens is 3. The molecule has 7 heteroatoms. The molecule has 17 heavy (non-hydrogen) atoms. The molecule has 0 aliphatic rings. The van der Waals surface area contributed by atoms with Crippen LogP contribution < -0.4 is 5.56 Å². The molecule has 1 heterocycles. The molecule has 88 valence electrons. The van der Waals surface area contributed by atoms with E-state index in [0.29, 0.717) is 0 Å². The average molecular weight is 258 g/mol. The molecule has 0 saturated heterocycles. The van der Waals surface area contributed by atoms with Gasteiger partial charge in [-0.15, -0.1) is 0 Å². The summed E-state index contributed by atoms with van der Waals surface area (Å²) in [6.07, 6.45) is 1.24. The Morgan fingerprint density at radius 3 is 2.29 bits per heavy atom. The van der Waals surface area contributed by atoms with Crippen molar-refractivity contribution in [3.63, 3.8) is 0 Å². The van der Waals surface area contributed by atoms with Gasteiger partial charge in [0.25, 0.3) is 5.56 Å². The first-order chi connectivity index (χ1) is 7.99. The van der Waals surface area contributed by atoms with Crippen LogP contribution in [-0.2, 0) is 0 Å². The second-order valence-electron chi connectivity index (χ2n) is 3.20. The fraction of sp³-hybridized carbons (Fsp3) is 0. The quantitative estimate of drug-likeness (QED) is 0.629. The zero-order valence-corrected chi connectivity index (χ0v) is 9.02. The zero-order valence-electron chi connectivity index (χ0n) is 8.21. The van der Waals surface area contributed by atoms with Gasteiger partial charge in [-0.2, -0.15) is 0 Å². The molecule has 1 aromatic carbocycles. The topological polar surface area (TPSA) is 37.8 Å². The zero-order chi connectivity index (χ0) is 12.6. The van der Waals surface area contributed by atoms with Crippen molar-refractivity contribution in [1.29, 1.82) is 0 Å². The Labute approximate surface area is 98.2 Å². The van der Waals surface area contributed by atoms with Gasteiger partial charge in [-0.25, -0.2) is 13.2 Å². The molecule has 0 fully saturated rings. The first-order valence-electron chi connectivity index (χ1n) is 4.46. The Bertz CT molecular complexity index is 669. The van der Waals surface area contributed by atoms with Crippen molar-refractivity contribution in [1.82, 2.24) is 9.55 Å². The van der Waals surface area contributed by atoms with Crippen LogP contribution >= 0.6 is 12.2 Å². The fourth-order valence-corrected chi connectivity index (χ4v) is 1.57. The van der Waals surface area contributed by atoms with Gasteiger partial charge in [-0.05, 0) is 12.2 Å². The lowest BCUT2D eigenvalue weighted by Gasteiger charge is -2.06. The van der Waals surface area contributed by atoms with Crippen molar-refractivity contribution in [2.45, 2.75) is 0 Å². The molecule has 0 amide bonds. The molecule has 0 radical (unpaired) electrons. The Morgan fingerprint density at radius 2 is 1.76 bits per heavy atom. The molecule has 0 aliphatic heterocycles. The van der Waals surface area contributed by atoms with Crippen LogP contribution in [0.2, 0.25) is 0 Å². The summed E-state index contributed by atoms with van der Waals surface area (Å²) < 4.78 is 39.9. The summed E-state index contributed by atoms with van der Waals surface area (Å²) in [5.41, 5.74) is -0.447. The summed E-state index contributed by atoms with van der Waals surface area (Å²) in [4.78, 5) is 13.2. The molecule has 3 nitrogen and oxygen atoms in total. The van der Waals surface area contributed by atoms with E-state index in [1.54, 1.807) is 0 Å². The molecule has 2 rings (SSSR count). The third kappa shape index (κ3) is 2.14. The van der Waals surface area contributed by atoms with Gasteiger partial charge in [0.1, 0.15) is 0 Å². The minimum atomic E-state index is -1.55. The highest BCUT2D eigenvalue weighted by atomic mass is 32.1. The van der Waals surface area contributed by atoms with Gasteiger partial charge in [0, 0.05) is 24.4 Å². The van der Waals surface area contributed by atoms with Gasteiger partial charge >= 0.3 is 0 Å². The number of H-pyrrole nitrogens is 1. The lowest BCUT2D eigenvalue weighted by Crippen LogP contribution is -2.10. The third-order valence-corrected chi connectivity index (χ3v) is 2.37. The number of hydrogen-bond acceptors (Lipinski definition) is 2. The first-order valence-corrected chi connectivity index (χ1v) is 4.87. The smallest absolute Gasteiger partial charge is 0.251 e. The molecule has 1 N–H and O–H groups in total. The monoisotopic (exact) mass is 258 g/mol. The summed E-state index contributed by atoms with van der Waals surface area (Å²) in [6, 6.07) is 2.70. The molecule has 1 aromatic heterocycles. The summed E-state index contributed by atoms with van der Waals surface area (Å²) in [7, 11) is 0. The second-order valence-corrected chi connectivity index (χ2v) is 3.59. The van der Waals surface area contributed by atoms with Crippen molar-refractivity contribution in [2.24, 2.45) is 0 Å². The van der Waals surface area contributed by atoms with Crippen LogP contribution in [0.3, 0.4) is 0 Å². The lowest BCUT2D eigenvalue weighted by atomic mass is 10.3. The summed E-state index contributed by atoms with van der Waals surface area (Å²) >= 11 is 4.81. The lowest BCUT2D eigenvalue weighted by molar-refractivity contribution is 0.446. The Kier molecular flexibility index (Phi) is 2.84. The molecule has 0 saturated carbocycles. The number of aromatic nitrogens is 2. The predicted molar refractivity (Wildman–Crippen MR) is 57.1 cm³/mol. The van der Waals surface area contributed by atoms with Crippen molar-refractivity contribution in [3.8, 4) is 5.69 Å². The first kappa shape index (κ1) is 11.6. The molecule has 2 aromatic rings. The van der Waals surface area contributed by atoms with Crippen LogP contribution in [-0.4, -0.2) is 9.55 Å². The molecule has 0 unspecified atom stereocenters. The van der Waals surface area contributed by atoms with E-state index in [0.717, 1.165) is 22.8 Å². The number of nitrogens with one attached hydrogen (secondary N) is 1. The molecule has 0 spiro atoms. The van der Waals surface area contributed by atoms with Crippen LogP contribution in [0.1, 0.15) is 0 Å². The molecule has 0 aliphatic carbocycles. The number of nitrogens with zero attached hydrogens (tertiary/aromatic N) is 1. The summed E-state index contributed by atoms with van der Waals surface area (Å²) in [5, 5.41) is 0. The van der Waals surface area contributed by atoms with Crippen molar-refractivity contribution < 1.29 is 13.2 Å². The number of aromatic amines is 1. The van der Waals surface area contributed by atoms with Gasteiger partial charge in [0.2, 0.25) is 0 Å². The highest BCUT2D eigenvalue weighted by molar-refractivity contribution is 7.71. The molecule has 0 bridgehead atoms. The minimum Gasteiger partial charge on any atom is -0.299 e. The number of hydrogen-bond donors (Lipinski definition) is 1. The van der Waals surface area contributed by atoms with E-state index in [9.17, 15) is 18.0 Å². The average Bonchev–Trinajstić information content (AvgIpc) is 2.25. The second kappa shape index (κ2) is 4.17. The van der Waals surface area contributed by atoms with Gasteiger partial charge in [-0.3, -0.25) is 14.3 Å². The third-order valence-electron chi connectivity index (χ3n) is 2.07. The van der Waals surface area contributed by atoms with Crippen LogP contribution in [0.4, 0.5) is 13.2 Å². The Balaban J connectivity index is 2.69. The normalized spacial score (nSPS) is 10.5. The highest BCUT2D eigenvalue weighted by Crippen LogP contribution is 2.16. The fourth-order valence-electron chi connectivity index (χ4n) is 1.30.